The number of benzene rings is 2. The summed E-state index contributed by atoms with van der Waals surface area (Å²) >= 11 is 0. The smallest absolute Gasteiger partial charge is 0.253 e. The first kappa shape index (κ1) is 20.6. The molecule has 6 nitrogen and oxygen atoms in total. The highest BCUT2D eigenvalue weighted by Gasteiger charge is 2.20. The van der Waals surface area contributed by atoms with Crippen molar-refractivity contribution in [1.29, 1.82) is 0 Å². The molecule has 0 spiro atoms. The van der Waals surface area contributed by atoms with Gasteiger partial charge in [-0.05, 0) is 62.6 Å². The molecule has 0 aliphatic carbocycles. The van der Waals surface area contributed by atoms with E-state index < -0.39 is 5.91 Å². The van der Waals surface area contributed by atoms with E-state index in [0.717, 1.165) is 54.0 Å². The highest BCUT2D eigenvalue weighted by molar-refractivity contribution is 5.99. The van der Waals surface area contributed by atoms with E-state index in [4.69, 9.17) is 5.73 Å². The molecule has 2 aromatic carbocycles. The lowest BCUT2D eigenvalue weighted by atomic mass is 10.0. The van der Waals surface area contributed by atoms with E-state index in [2.05, 4.69) is 10.3 Å². The van der Waals surface area contributed by atoms with Crippen LogP contribution in [0.4, 0.5) is 11.4 Å². The molecule has 6 heteroatoms. The van der Waals surface area contributed by atoms with E-state index >= 15 is 0 Å². The van der Waals surface area contributed by atoms with Gasteiger partial charge in [-0.25, -0.2) is 0 Å². The van der Waals surface area contributed by atoms with Crippen LogP contribution in [-0.4, -0.2) is 34.8 Å². The molecule has 1 aliphatic rings. The third kappa shape index (κ3) is 4.43. The molecule has 1 saturated heterocycles. The number of nitrogens with one attached hydrogen (secondary N) is 1. The average molecular weight is 415 g/mol. The van der Waals surface area contributed by atoms with Crippen LogP contribution in [0.15, 0.2) is 54.7 Å². The Kier molecular flexibility index (Phi) is 5.71. The molecule has 1 aliphatic heterocycles. The molecule has 2 heterocycles. The lowest BCUT2D eigenvalue weighted by Gasteiger charge is -2.16. The number of likely N-dealkylation sites (tertiary alicyclic amines) is 1. The Labute approximate surface area is 182 Å². The number of primary amides is 1. The van der Waals surface area contributed by atoms with E-state index in [1.165, 1.54) is 0 Å². The molecule has 158 valence electrons. The largest absolute Gasteiger partial charge is 0.366 e. The van der Waals surface area contributed by atoms with Crippen molar-refractivity contribution < 1.29 is 9.59 Å². The monoisotopic (exact) mass is 414 g/mol. The SMILES string of the molecule is Cc1ccc(Nc2cnc(-c3cccc(C(=O)N4CCCC4)c3)c(C)c2)c(C(N)=O)c1. The molecule has 1 aromatic heterocycles. The minimum atomic E-state index is -0.480. The van der Waals surface area contributed by atoms with Gasteiger partial charge in [0.25, 0.3) is 11.8 Å². The number of carbonyl (C=O) groups excluding carboxylic acids is 2. The molecule has 0 bridgehead atoms. The van der Waals surface area contributed by atoms with Gasteiger partial charge in [0.05, 0.1) is 28.8 Å². The van der Waals surface area contributed by atoms with Gasteiger partial charge >= 0.3 is 0 Å². The fourth-order valence-corrected chi connectivity index (χ4v) is 3.97. The Balaban J connectivity index is 1.59. The lowest BCUT2D eigenvalue weighted by Crippen LogP contribution is -2.27. The number of anilines is 2. The Morgan fingerprint density at radius 3 is 2.52 bits per heavy atom. The van der Waals surface area contributed by atoms with E-state index in [-0.39, 0.29) is 5.91 Å². The van der Waals surface area contributed by atoms with Gasteiger partial charge in [0.15, 0.2) is 0 Å². The van der Waals surface area contributed by atoms with Crippen LogP contribution in [0.2, 0.25) is 0 Å². The second-order valence-electron chi connectivity index (χ2n) is 8.01. The van der Waals surface area contributed by atoms with Crippen molar-refractivity contribution in [2.75, 3.05) is 18.4 Å². The highest BCUT2D eigenvalue weighted by Crippen LogP contribution is 2.27. The van der Waals surface area contributed by atoms with Crippen molar-refractivity contribution in [2.24, 2.45) is 5.73 Å². The van der Waals surface area contributed by atoms with E-state index in [0.29, 0.717) is 16.8 Å². The molecule has 0 atom stereocenters. The van der Waals surface area contributed by atoms with Gasteiger partial charge in [0.1, 0.15) is 0 Å². The van der Waals surface area contributed by atoms with Gasteiger partial charge in [-0.15, -0.1) is 0 Å². The minimum absolute atomic E-state index is 0.0774. The zero-order valence-electron chi connectivity index (χ0n) is 17.8. The molecular weight excluding hydrogens is 388 g/mol. The van der Waals surface area contributed by atoms with Crippen LogP contribution in [-0.2, 0) is 0 Å². The first-order valence-corrected chi connectivity index (χ1v) is 10.5. The molecule has 0 unspecified atom stereocenters. The second kappa shape index (κ2) is 8.60. The number of carbonyl (C=O) groups is 2. The maximum absolute atomic E-state index is 12.7. The summed E-state index contributed by atoms with van der Waals surface area (Å²) in [6.07, 6.45) is 3.86. The average Bonchev–Trinajstić information content (AvgIpc) is 3.29. The van der Waals surface area contributed by atoms with Gasteiger partial charge in [0.2, 0.25) is 0 Å². The molecule has 3 aromatic rings. The summed E-state index contributed by atoms with van der Waals surface area (Å²) in [7, 11) is 0. The molecule has 31 heavy (non-hydrogen) atoms. The third-order valence-corrected chi connectivity index (χ3v) is 5.57. The van der Waals surface area contributed by atoms with Crippen LogP contribution in [0.1, 0.15) is 44.7 Å². The number of amides is 2. The topological polar surface area (TPSA) is 88.3 Å². The van der Waals surface area contributed by atoms with Gasteiger partial charge in [-0.2, -0.15) is 0 Å². The van der Waals surface area contributed by atoms with Gasteiger partial charge in [-0.1, -0.05) is 23.8 Å². The summed E-state index contributed by atoms with van der Waals surface area (Å²) in [5, 5.41) is 3.24. The Morgan fingerprint density at radius 2 is 1.81 bits per heavy atom. The lowest BCUT2D eigenvalue weighted by molar-refractivity contribution is 0.0792. The number of aryl methyl sites for hydroxylation is 2. The molecule has 4 rings (SSSR count). The third-order valence-electron chi connectivity index (χ3n) is 5.57. The maximum Gasteiger partial charge on any atom is 0.253 e. The minimum Gasteiger partial charge on any atom is -0.366 e. The van der Waals surface area contributed by atoms with Gasteiger partial charge < -0.3 is 16.0 Å². The van der Waals surface area contributed by atoms with Crippen molar-refractivity contribution in [3.8, 4) is 11.3 Å². The number of hydrogen-bond acceptors (Lipinski definition) is 4. The van der Waals surface area contributed by atoms with E-state index in [9.17, 15) is 9.59 Å². The van der Waals surface area contributed by atoms with Crippen molar-refractivity contribution in [3.05, 3.63) is 77.0 Å². The van der Waals surface area contributed by atoms with Crippen molar-refractivity contribution in [1.82, 2.24) is 9.88 Å². The van der Waals surface area contributed by atoms with Crippen LogP contribution in [0.25, 0.3) is 11.3 Å². The zero-order valence-corrected chi connectivity index (χ0v) is 17.8. The summed E-state index contributed by atoms with van der Waals surface area (Å²) in [5.74, 6) is -0.402. The Morgan fingerprint density at radius 1 is 1.03 bits per heavy atom. The van der Waals surface area contributed by atoms with Crippen LogP contribution in [0.3, 0.4) is 0 Å². The predicted octanol–water partition coefficient (Wildman–Crippen LogP) is 4.44. The van der Waals surface area contributed by atoms with Crippen molar-refractivity contribution in [3.63, 3.8) is 0 Å². The second-order valence-corrected chi connectivity index (χ2v) is 8.01. The summed E-state index contributed by atoms with van der Waals surface area (Å²) in [6.45, 7) is 5.55. The number of aromatic nitrogens is 1. The van der Waals surface area contributed by atoms with Crippen LogP contribution < -0.4 is 11.1 Å². The number of nitrogens with two attached hydrogens (primary N) is 1. The zero-order chi connectivity index (χ0) is 22.0. The predicted molar refractivity (Wildman–Crippen MR) is 123 cm³/mol. The summed E-state index contributed by atoms with van der Waals surface area (Å²) in [4.78, 5) is 31.1. The fraction of sp³-hybridized carbons (Fsp3) is 0.240. The van der Waals surface area contributed by atoms with Crippen LogP contribution in [0.5, 0.6) is 0 Å². The number of rotatable bonds is 5. The number of pyridine rings is 1. The first-order valence-electron chi connectivity index (χ1n) is 10.5. The Hall–Kier alpha value is -3.67. The molecule has 0 saturated carbocycles. The van der Waals surface area contributed by atoms with Gasteiger partial charge in [-0.3, -0.25) is 14.6 Å². The maximum atomic E-state index is 12.7. The molecular formula is C25H26N4O2. The standard InChI is InChI=1S/C25H26N4O2/c1-16-8-9-22(21(12-16)24(26)30)28-20-13-17(2)23(27-15-20)18-6-5-7-19(14-18)25(31)29-10-3-4-11-29/h5-9,12-15,28H,3-4,10-11H2,1-2H3,(H2,26,30). The normalized spacial score (nSPS) is 13.3. The fourth-order valence-electron chi connectivity index (χ4n) is 3.97. The molecule has 2 amide bonds. The van der Waals surface area contributed by atoms with Crippen molar-refractivity contribution in [2.45, 2.75) is 26.7 Å². The van der Waals surface area contributed by atoms with Gasteiger partial charge in [0, 0.05) is 24.2 Å². The quantitative estimate of drug-likeness (QED) is 0.646. The molecule has 3 N–H and O–H groups in total. The van der Waals surface area contributed by atoms with Crippen molar-refractivity contribution >= 4 is 23.2 Å². The summed E-state index contributed by atoms with van der Waals surface area (Å²) in [6, 6.07) is 15.1. The van der Waals surface area contributed by atoms with E-state index in [1.807, 2.05) is 61.2 Å². The highest BCUT2D eigenvalue weighted by atomic mass is 16.2. The Bertz CT molecular complexity index is 1150. The number of nitrogens with zero attached hydrogens (tertiary/aromatic N) is 2. The molecule has 0 radical (unpaired) electrons. The summed E-state index contributed by atoms with van der Waals surface area (Å²) in [5.41, 5.74) is 11.7. The number of hydrogen-bond donors (Lipinski definition) is 2. The first-order chi connectivity index (χ1) is 14.9. The summed E-state index contributed by atoms with van der Waals surface area (Å²) < 4.78 is 0. The van der Waals surface area contributed by atoms with E-state index in [1.54, 1.807) is 12.3 Å². The van der Waals surface area contributed by atoms with Crippen LogP contribution >= 0.6 is 0 Å². The van der Waals surface area contributed by atoms with Crippen LogP contribution in [0, 0.1) is 13.8 Å². The molecule has 1 fully saturated rings.